The van der Waals surface area contributed by atoms with Crippen molar-refractivity contribution in [2.75, 3.05) is 44.9 Å². The van der Waals surface area contributed by atoms with Crippen LogP contribution in [0.3, 0.4) is 0 Å². The molecule has 5 nitrogen and oxygen atoms in total. The fraction of sp³-hybridized carbons (Fsp3) is 0.364. The first-order chi connectivity index (χ1) is 14.4. The number of aromatic nitrogens is 1. The third-order valence-corrected chi connectivity index (χ3v) is 7.07. The zero-order valence-electron chi connectivity index (χ0n) is 17.6. The van der Waals surface area contributed by atoms with Gasteiger partial charge < -0.3 is 9.64 Å². The van der Waals surface area contributed by atoms with Gasteiger partial charge in [-0.2, -0.15) is 0 Å². The summed E-state index contributed by atoms with van der Waals surface area (Å²) in [6, 6.07) is 11.5. The molecule has 0 aliphatic heterocycles. The van der Waals surface area contributed by atoms with Gasteiger partial charge in [0.2, 0.25) is 5.91 Å². The summed E-state index contributed by atoms with van der Waals surface area (Å²) >= 11 is 9.01. The Morgan fingerprint density at radius 3 is 2.57 bits per heavy atom. The number of hydrogen-bond acceptors (Lipinski definition) is 6. The van der Waals surface area contributed by atoms with Gasteiger partial charge in [0.25, 0.3) is 0 Å². The zero-order chi connectivity index (χ0) is 21.7. The third kappa shape index (κ3) is 5.66. The normalized spacial score (nSPS) is 11.3. The van der Waals surface area contributed by atoms with Crippen molar-refractivity contribution in [3.8, 4) is 5.75 Å². The lowest BCUT2D eigenvalue weighted by molar-refractivity contribution is -0.116. The van der Waals surface area contributed by atoms with Crippen LogP contribution in [0.1, 0.15) is 12.0 Å². The maximum Gasteiger partial charge on any atom is 0.239 e. The fourth-order valence-electron chi connectivity index (χ4n) is 3.00. The predicted octanol–water partition coefficient (Wildman–Crippen LogP) is 5.34. The summed E-state index contributed by atoms with van der Waals surface area (Å²) in [6.45, 7) is 3.58. The van der Waals surface area contributed by atoms with E-state index in [4.69, 9.17) is 21.3 Å². The van der Waals surface area contributed by atoms with Crippen molar-refractivity contribution in [1.82, 2.24) is 9.88 Å². The Morgan fingerprint density at radius 1 is 1.17 bits per heavy atom. The summed E-state index contributed by atoms with van der Waals surface area (Å²) in [5.41, 5.74) is 1.94. The number of thioether (sulfide) groups is 1. The van der Waals surface area contributed by atoms with Crippen molar-refractivity contribution in [1.29, 1.82) is 0 Å². The number of aryl methyl sites for hydroxylation is 1. The van der Waals surface area contributed by atoms with E-state index in [1.165, 1.54) is 11.8 Å². The van der Waals surface area contributed by atoms with Crippen LogP contribution in [0.15, 0.2) is 41.3 Å². The van der Waals surface area contributed by atoms with Gasteiger partial charge in [-0.3, -0.25) is 9.69 Å². The van der Waals surface area contributed by atoms with Crippen LogP contribution in [-0.4, -0.2) is 55.8 Å². The van der Waals surface area contributed by atoms with E-state index < -0.39 is 0 Å². The number of carbonyl (C=O) groups is 1. The summed E-state index contributed by atoms with van der Waals surface area (Å²) in [5.74, 6) is 1.12. The second-order valence-corrected chi connectivity index (χ2v) is 9.67. The number of carbonyl (C=O) groups excluding carboxylic acids is 1. The molecule has 30 heavy (non-hydrogen) atoms. The molecule has 3 aromatic rings. The number of nitrogens with zero attached hydrogens (tertiary/aromatic N) is 3. The molecule has 0 bridgehead atoms. The van der Waals surface area contributed by atoms with E-state index in [9.17, 15) is 4.79 Å². The monoisotopic (exact) mass is 463 g/mol. The molecule has 8 heteroatoms. The van der Waals surface area contributed by atoms with E-state index in [0.29, 0.717) is 17.3 Å². The van der Waals surface area contributed by atoms with Gasteiger partial charge in [-0.15, -0.1) is 11.8 Å². The molecule has 0 aliphatic rings. The highest BCUT2D eigenvalue weighted by molar-refractivity contribution is 8.00. The molecule has 1 amide bonds. The number of fused-ring (bicyclic) bond motifs is 1. The highest BCUT2D eigenvalue weighted by Gasteiger charge is 2.21. The summed E-state index contributed by atoms with van der Waals surface area (Å²) in [4.78, 5) is 22.9. The van der Waals surface area contributed by atoms with Gasteiger partial charge >= 0.3 is 0 Å². The largest absolute Gasteiger partial charge is 0.494 e. The molecule has 1 aromatic heterocycles. The minimum absolute atomic E-state index is 0.0457. The summed E-state index contributed by atoms with van der Waals surface area (Å²) in [7, 11) is 5.72. The Labute approximate surface area is 191 Å². The van der Waals surface area contributed by atoms with E-state index in [1.807, 2.05) is 55.4 Å². The molecular weight excluding hydrogens is 438 g/mol. The number of ether oxygens (including phenoxy) is 1. The van der Waals surface area contributed by atoms with Gasteiger partial charge in [0, 0.05) is 16.5 Å². The van der Waals surface area contributed by atoms with E-state index in [-0.39, 0.29) is 5.91 Å². The summed E-state index contributed by atoms with van der Waals surface area (Å²) in [5, 5.41) is 1.41. The number of hydrogen-bond donors (Lipinski definition) is 0. The Hall–Kier alpha value is -1.80. The van der Waals surface area contributed by atoms with Crippen LogP contribution in [0, 0.1) is 6.92 Å². The van der Waals surface area contributed by atoms with Crippen molar-refractivity contribution in [3.63, 3.8) is 0 Å². The maximum absolute atomic E-state index is 13.2. The lowest BCUT2D eigenvalue weighted by atomic mass is 10.2. The average molecular weight is 464 g/mol. The molecule has 0 radical (unpaired) electrons. The molecule has 0 unspecified atom stereocenters. The number of anilines is 1. The third-order valence-electron chi connectivity index (χ3n) is 4.61. The van der Waals surface area contributed by atoms with E-state index >= 15 is 0 Å². The number of rotatable bonds is 9. The van der Waals surface area contributed by atoms with Gasteiger partial charge in [-0.1, -0.05) is 29.0 Å². The molecule has 160 valence electrons. The first kappa shape index (κ1) is 22.9. The van der Waals surface area contributed by atoms with Crippen LogP contribution in [0.4, 0.5) is 5.13 Å². The van der Waals surface area contributed by atoms with Crippen LogP contribution >= 0.6 is 34.7 Å². The van der Waals surface area contributed by atoms with Gasteiger partial charge in [0.1, 0.15) is 11.3 Å². The van der Waals surface area contributed by atoms with Crippen molar-refractivity contribution >= 4 is 56.0 Å². The quantitative estimate of drug-likeness (QED) is 0.400. The van der Waals surface area contributed by atoms with Crippen LogP contribution in [0.2, 0.25) is 5.02 Å². The van der Waals surface area contributed by atoms with Crippen LogP contribution < -0.4 is 9.64 Å². The lowest BCUT2D eigenvalue weighted by Crippen LogP contribution is -2.34. The Bertz CT molecular complexity index is 1010. The van der Waals surface area contributed by atoms with Crippen molar-refractivity contribution in [3.05, 3.63) is 47.0 Å². The summed E-state index contributed by atoms with van der Waals surface area (Å²) in [6.07, 6.45) is 0.871. The predicted molar refractivity (Wildman–Crippen MR) is 129 cm³/mol. The SMILES string of the molecule is COc1ccc(C)c2sc(N(CCCN(C)C)C(=O)CSc3ccc(Cl)cc3)nc12. The highest BCUT2D eigenvalue weighted by Crippen LogP contribution is 2.36. The fourth-order valence-corrected chi connectivity index (χ4v) is 5.00. The van der Waals surface area contributed by atoms with Gasteiger partial charge in [-0.25, -0.2) is 4.98 Å². The molecule has 0 atom stereocenters. The number of amides is 1. The zero-order valence-corrected chi connectivity index (χ0v) is 20.0. The average Bonchev–Trinajstić information content (AvgIpc) is 3.16. The van der Waals surface area contributed by atoms with Crippen molar-refractivity contribution < 1.29 is 9.53 Å². The highest BCUT2D eigenvalue weighted by atomic mass is 35.5. The Kier molecular flexibility index (Phi) is 7.99. The molecule has 0 aliphatic carbocycles. The smallest absolute Gasteiger partial charge is 0.239 e. The van der Waals surface area contributed by atoms with Crippen LogP contribution in [0.5, 0.6) is 5.75 Å². The maximum atomic E-state index is 13.2. The number of methoxy groups -OCH3 is 1. The Morgan fingerprint density at radius 2 is 1.90 bits per heavy atom. The van der Waals surface area contributed by atoms with E-state index in [1.54, 1.807) is 18.4 Å². The van der Waals surface area contributed by atoms with Crippen LogP contribution in [0.25, 0.3) is 10.2 Å². The lowest BCUT2D eigenvalue weighted by Gasteiger charge is -2.21. The van der Waals surface area contributed by atoms with E-state index in [0.717, 1.165) is 44.5 Å². The molecule has 1 heterocycles. The molecule has 0 saturated carbocycles. The molecule has 0 fully saturated rings. The second kappa shape index (κ2) is 10.5. The second-order valence-electron chi connectivity index (χ2n) is 7.20. The molecule has 0 N–H and O–H groups in total. The topological polar surface area (TPSA) is 45.7 Å². The number of thiazole rings is 1. The standard InChI is InChI=1S/C22H26ClN3O2S2/c1-15-6-11-18(28-4)20-21(15)30-22(24-20)26(13-5-12-25(2)3)19(27)14-29-17-9-7-16(23)8-10-17/h6-11H,5,12-14H2,1-4H3. The van der Waals surface area contributed by atoms with E-state index in [2.05, 4.69) is 11.8 Å². The van der Waals surface area contributed by atoms with Crippen LogP contribution in [-0.2, 0) is 4.79 Å². The van der Waals surface area contributed by atoms with Gasteiger partial charge in [0.15, 0.2) is 5.13 Å². The Balaban J connectivity index is 1.84. The molecule has 2 aromatic carbocycles. The molecule has 3 rings (SSSR count). The first-order valence-electron chi connectivity index (χ1n) is 9.66. The summed E-state index contributed by atoms with van der Waals surface area (Å²) < 4.78 is 6.54. The van der Waals surface area contributed by atoms with Crippen molar-refractivity contribution in [2.45, 2.75) is 18.2 Å². The molecular formula is C22H26ClN3O2S2. The number of halogens is 1. The number of benzene rings is 2. The van der Waals surface area contributed by atoms with Crippen molar-refractivity contribution in [2.24, 2.45) is 0 Å². The molecule has 0 saturated heterocycles. The minimum atomic E-state index is 0.0457. The van der Waals surface area contributed by atoms with Gasteiger partial charge in [-0.05, 0) is 69.9 Å². The first-order valence-corrected chi connectivity index (χ1v) is 11.8. The minimum Gasteiger partial charge on any atom is -0.494 e. The van der Waals surface area contributed by atoms with Gasteiger partial charge in [0.05, 0.1) is 17.6 Å². The molecule has 0 spiro atoms.